The first-order chi connectivity index (χ1) is 5.97. The fourth-order valence-corrected chi connectivity index (χ4v) is 2.00. The van der Waals surface area contributed by atoms with Gasteiger partial charge in [0.05, 0.1) is 5.60 Å². The van der Waals surface area contributed by atoms with Gasteiger partial charge < -0.3 is 10.4 Å². The quantitative estimate of drug-likeness (QED) is 0.704. The van der Waals surface area contributed by atoms with Crippen LogP contribution in [0.5, 0.6) is 0 Å². The summed E-state index contributed by atoms with van der Waals surface area (Å²) in [5.41, 5.74) is 0.0738. The van der Waals surface area contributed by atoms with E-state index in [-0.39, 0.29) is 5.60 Å². The Kier molecular flexibility index (Phi) is 3.36. The Morgan fingerprint density at radius 2 is 1.69 bits per heavy atom. The third-order valence-corrected chi connectivity index (χ3v) is 3.37. The highest BCUT2D eigenvalue weighted by Gasteiger charge is 2.35. The van der Waals surface area contributed by atoms with Crippen molar-refractivity contribution < 1.29 is 5.11 Å². The van der Waals surface area contributed by atoms with Crippen LogP contribution in [0.3, 0.4) is 0 Å². The highest BCUT2D eigenvalue weighted by molar-refractivity contribution is 4.89. The molecule has 0 saturated heterocycles. The first-order valence-electron chi connectivity index (χ1n) is 5.34. The Bertz CT molecular complexity index is 155. The van der Waals surface area contributed by atoms with Crippen molar-refractivity contribution in [2.75, 3.05) is 13.6 Å². The van der Waals surface area contributed by atoms with Crippen molar-refractivity contribution in [2.45, 2.75) is 51.6 Å². The number of hydrogen-bond donors (Lipinski definition) is 2. The summed E-state index contributed by atoms with van der Waals surface area (Å²) in [6.45, 7) is 5.52. The molecule has 0 atom stereocenters. The average molecular weight is 185 g/mol. The fourth-order valence-electron chi connectivity index (χ4n) is 2.00. The van der Waals surface area contributed by atoms with Crippen molar-refractivity contribution in [3.8, 4) is 0 Å². The molecule has 1 saturated carbocycles. The molecule has 0 radical (unpaired) electrons. The number of aliphatic hydroxyl groups is 1. The van der Waals surface area contributed by atoms with Gasteiger partial charge >= 0.3 is 0 Å². The van der Waals surface area contributed by atoms with Crippen LogP contribution in [-0.2, 0) is 0 Å². The van der Waals surface area contributed by atoms with Crippen molar-refractivity contribution in [2.24, 2.45) is 5.41 Å². The molecule has 1 aliphatic rings. The summed E-state index contributed by atoms with van der Waals surface area (Å²) in [6, 6.07) is 0. The lowest BCUT2D eigenvalue weighted by molar-refractivity contribution is -0.0312. The van der Waals surface area contributed by atoms with Gasteiger partial charge in [0.25, 0.3) is 0 Å². The van der Waals surface area contributed by atoms with Gasteiger partial charge in [0.1, 0.15) is 0 Å². The average Bonchev–Trinajstić information content (AvgIpc) is 2.08. The number of hydrogen-bond acceptors (Lipinski definition) is 2. The molecule has 0 spiro atoms. The third-order valence-electron chi connectivity index (χ3n) is 3.37. The maximum Gasteiger partial charge on any atom is 0.0660 e. The molecule has 1 aliphatic carbocycles. The minimum Gasteiger partial charge on any atom is -0.390 e. The standard InChI is InChI=1S/C11H23NO/c1-10(2)4-6-11(13,7-5-10)8-9-12-3/h12-13H,4-9H2,1-3H3. The van der Waals surface area contributed by atoms with Crippen LogP contribution in [0.2, 0.25) is 0 Å². The van der Waals surface area contributed by atoms with Crippen LogP contribution in [0, 0.1) is 5.41 Å². The number of nitrogens with one attached hydrogen (secondary N) is 1. The zero-order chi connectivity index (χ0) is 9.95. The smallest absolute Gasteiger partial charge is 0.0660 e. The van der Waals surface area contributed by atoms with Gasteiger partial charge in [-0.1, -0.05) is 13.8 Å². The van der Waals surface area contributed by atoms with Crippen LogP contribution in [0.4, 0.5) is 0 Å². The van der Waals surface area contributed by atoms with E-state index in [1.807, 2.05) is 7.05 Å². The molecule has 1 fully saturated rings. The Morgan fingerprint density at radius 3 is 2.15 bits per heavy atom. The van der Waals surface area contributed by atoms with Crippen molar-refractivity contribution >= 4 is 0 Å². The van der Waals surface area contributed by atoms with E-state index in [0.29, 0.717) is 5.41 Å². The molecule has 13 heavy (non-hydrogen) atoms. The SMILES string of the molecule is CNCCC1(O)CCC(C)(C)CC1. The molecule has 0 bridgehead atoms. The van der Waals surface area contributed by atoms with Gasteiger partial charge in [-0.05, 0) is 51.1 Å². The molecule has 0 heterocycles. The molecule has 78 valence electrons. The Labute approximate surface area is 81.7 Å². The molecule has 0 aliphatic heterocycles. The van der Waals surface area contributed by atoms with Crippen LogP contribution in [0.1, 0.15) is 46.0 Å². The minimum absolute atomic E-state index is 0.376. The van der Waals surface area contributed by atoms with E-state index in [9.17, 15) is 5.11 Å². The monoisotopic (exact) mass is 185 g/mol. The molecular formula is C11H23NO. The molecule has 0 amide bonds. The fraction of sp³-hybridized carbons (Fsp3) is 1.00. The Morgan fingerprint density at radius 1 is 1.15 bits per heavy atom. The molecule has 1 rings (SSSR count). The van der Waals surface area contributed by atoms with Crippen LogP contribution in [-0.4, -0.2) is 24.3 Å². The Balaban J connectivity index is 2.37. The van der Waals surface area contributed by atoms with Gasteiger partial charge in [-0.3, -0.25) is 0 Å². The van der Waals surface area contributed by atoms with Gasteiger partial charge in [-0.15, -0.1) is 0 Å². The normalized spacial score (nSPS) is 25.8. The minimum atomic E-state index is -0.376. The van der Waals surface area contributed by atoms with Crippen molar-refractivity contribution in [1.29, 1.82) is 0 Å². The van der Waals surface area contributed by atoms with Crippen LogP contribution < -0.4 is 5.32 Å². The zero-order valence-corrected chi connectivity index (χ0v) is 9.19. The maximum absolute atomic E-state index is 10.2. The molecule has 0 unspecified atom stereocenters. The van der Waals surface area contributed by atoms with Crippen molar-refractivity contribution in [3.05, 3.63) is 0 Å². The predicted molar refractivity (Wildman–Crippen MR) is 55.7 cm³/mol. The summed E-state index contributed by atoms with van der Waals surface area (Å²) in [4.78, 5) is 0. The topological polar surface area (TPSA) is 32.3 Å². The lowest BCUT2D eigenvalue weighted by Gasteiger charge is -2.40. The van der Waals surface area contributed by atoms with Crippen molar-refractivity contribution in [1.82, 2.24) is 5.32 Å². The van der Waals surface area contributed by atoms with Gasteiger partial charge in [-0.2, -0.15) is 0 Å². The summed E-state index contributed by atoms with van der Waals surface area (Å²) < 4.78 is 0. The second-order valence-corrected chi connectivity index (χ2v) is 5.24. The second kappa shape index (κ2) is 3.97. The summed E-state index contributed by atoms with van der Waals surface area (Å²) >= 11 is 0. The second-order valence-electron chi connectivity index (χ2n) is 5.24. The molecule has 0 aromatic rings. The summed E-state index contributed by atoms with van der Waals surface area (Å²) in [7, 11) is 1.94. The predicted octanol–water partition coefficient (Wildman–Crippen LogP) is 1.93. The summed E-state index contributed by atoms with van der Waals surface area (Å²) in [6.07, 6.45) is 5.17. The van der Waals surface area contributed by atoms with E-state index in [2.05, 4.69) is 19.2 Å². The van der Waals surface area contributed by atoms with E-state index in [1.54, 1.807) is 0 Å². The first-order valence-corrected chi connectivity index (χ1v) is 5.34. The lowest BCUT2D eigenvalue weighted by Crippen LogP contribution is -2.38. The molecule has 2 nitrogen and oxygen atoms in total. The number of rotatable bonds is 3. The van der Waals surface area contributed by atoms with Gasteiger partial charge in [0.2, 0.25) is 0 Å². The van der Waals surface area contributed by atoms with E-state index < -0.39 is 0 Å². The van der Waals surface area contributed by atoms with E-state index >= 15 is 0 Å². The molecule has 2 heteroatoms. The van der Waals surface area contributed by atoms with E-state index in [1.165, 1.54) is 0 Å². The van der Waals surface area contributed by atoms with Crippen LogP contribution >= 0.6 is 0 Å². The van der Waals surface area contributed by atoms with E-state index in [0.717, 1.165) is 38.6 Å². The summed E-state index contributed by atoms with van der Waals surface area (Å²) in [5, 5.41) is 13.3. The molecule has 2 N–H and O–H groups in total. The maximum atomic E-state index is 10.2. The van der Waals surface area contributed by atoms with Crippen LogP contribution in [0.15, 0.2) is 0 Å². The molecule has 0 aromatic heterocycles. The van der Waals surface area contributed by atoms with Crippen molar-refractivity contribution in [3.63, 3.8) is 0 Å². The summed E-state index contributed by atoms with van der Waals surface area (Å²) in [5.74, 6) is 0. The Hall–Kier alpha value is -0.0800. The largest absolute Gasteiger partial charge is 0.390 e. The van der Waals surface area contributed by atoms with Crippen LogP contribution in [0.25, 0.3) is 0 Å². The molecule has 0 aromatic carbocycles. The lowest BCUT2D eigenvalue weighted by atomic mass is 9.70. The highest BCUT2D eigenvalue weighted by Crippen LogP contribution is 2.41. The van der Waals surface area contributed by atoms with Gasteiger partial charge in [0, 0.05) is 0 Å². The van der Waals surface area contributed by atoms with Gasteiger partial charge in [-0.25, -0.2) is 0 Å². The van der Waals surface area contributed by atoms with E-state index in [4.69, 9.17) is 0 Å². The third kappa shape index (κ3) is 3.28. The highest BCUT2D eigenvalue weighted by atomic mass is 16.3. The first kappa shape index (κ1) is 11.0. The zero-order valence-electron chi connectivity index (χ0n) is 9.19. The van der Waals surface area contributed by atoms with Gasteiger partial charge in [0.15, 0.2) is 0 Å². The molecular weight excluding hydrogens is 162 g/mol.